The maximum absolute atomic E-state index is 11.9. The van der Waals surface area contributed by atoms with Crippen molar-refractivity contribution in [1.82, 2.24) is 4.90 Å². The van der Waals surface area contributed by atoms with E-state index in [-0.39, 0.29) is 5.91 Å². The lowest BCUT2D eigenvalue weighted by Gasteiger charge is -2.25. The minimum absolute atomic E-state index is 0.0398. The Morgan fingerprint density at radius 2 is 2.16 bits per heavy atom. The number of amides is 1. The number of carbonyl (C=O) groups is 1. The van der Waals surface area contributed by atoms with Crippen LogP contribution in [0.3, 0.4) is 0 Å². The first-order valence-corrected chi connectivity index (χ1v) is 6.56. The fourth-order valence-electron chi connectivity index (χ4n) is 1.91. The molecule has 0 aromatic heterocycles. The summed E-state index contributed by atoms with van der Waals surface area (Å²) in [6, 6.07) is 7.23. The first kappa shape index (κ1) is 13.9. The minimum Gasteiger partial charge on any atom is -0.389 e. The van der Waals surface area contributed by atoms with Crippen LogP contribution in [0.15, 0.2) is 24.3 Å². The third-order valence-corrected chi connectivity index (χ3v) is 3.14. The van der Waals surface area contributed by atoms with E-state index in [0.717, 1.165) is 18.7 Å². The standard InChI is InChI=1S/C13H17N3O2S/c14-13(19)10-2-1-3-11(8-10)15-12(17)9-16-4-6-18-7-5-16/h1-3,8H,4-7,9H2,(H2,14,19)(H,15,17). The summed E-state index contributed by atoms with van der Waals surface area (Å²) < 4.78 is 5.24. The van der Waals surface area contributed by atoms with Gasteiger partial charge in [-0.2, -0.15) is 0 Å². The Kier molecular flexibility index (Phi) is 4.84. The number of rotatable bonds is 4. The topological polar surface area (TPSA) is 67.6 Å². The second-order valence-electron chi connectivity index (χ2n) is 4.38. The Balaban J connectivity index is 1.90. The molecular weight excluding hydrogens is 262 g/mol. The summed E-state index contributed by atoms with van der Waals surface area (Å²) in [6.45, 7) is 3.33. The summed E-state index contributed by atoms with van der Waals surface area (Å²) >= 11 is 4.91. The first-order valence-electron chi connectivity index (χ1n) is 6.15. The summed E-state index contributed by atoms with van der Waals surface area (Å²) in [5, 5.41) is 2.85. The van der Waals surface area contributed by atoms with Crippen molar-refractivity contribution in [2.75, 3.05) is 38.2 Å². The molecule has 3 N–H and O–H groups in total. The van der Waals surface area contributed by atoms with Gasteiger partial charge in [0.25, 0.3) is 0 Å². The van der Waals surface area contributed by atoms with Gasteiger partial charge in [0.15, 0.2) is 0 Å². The van der Waals surface area contributed by atoms with Gasteiger partial charge in [-0.25, -0.2) is 0 Å². The number of nitrogens with one attached hydrogen (secondary N) is 1. The van der Waals surface area contributed by atoms with Crippen molar-refractivity contribution in [3.63, 3.8) is 0 Å². The molecule has 1 aromatic rings. The first-order chi connectivity index (χ1) is 9.15. The number of thiocarbonyl (C=S) groups is 1. The van der Waals surface area contributed by atoms with Gasteiger partial charge < -0.3 is 15.8 Å². The van der Waals surface area contributed by atoms with Crippen molar-refractivity contribution >= 4 is 28.8 Å². The third-order valence-electron chi connectivity index (χ3n) is 2.90. The molecule has 6 heteroatoms. The van der Waals surface area contributed by atoms with Crippen molar-refractivity contribution in [3.05, 3.63) is 29.8 Å². The van der Waals surface area contributed by atoms with Crippen LogP contribution < -0.4 is 11.1 Å². The molecule has 19 heavy (non-hydrogen) atoms. The predicted molar refractivity (Wildman–Crippen MR) is 78.2 cm³/mol. The van der Waals surface area contributed by atoms with Gasteiger partial charge in [-0.3, -0.25) is 9.69 Å². The number of morpholine rings is 1. The molecule has 1 amide bonds. The molecule has 1 aliphatic heterocycles. The number of anilines is 1. The molecule has 0 atom stereocenters. The molecule has 0 saturated carbocycles. The fourth-order valence-corrected chi connectivity index (χ4v) is 2.04. The molecule has 2 rings (SSSR count). The van der Waals surface area contributed by atoms with Crippen molar-refractivity contribution in [1.29, 1.82) is 0 Å². The molecule has 5 nitrogen and oxygen atoms in total. The maximum Gasteiger partial charge on any atom is 0.238 e. The molecule has 1 saturated heterocycles. The molecular formula is C13H17N3O2S. The number of nitrogens with zero attached hydrogens (tertiary/aromatic N) is 1. The van der Waals surface area contributed by atoms with Gasteiger partial charge in [0.05, 0.1) is 19.8 Å². The Hall–Kier alpha value is -1.50. The molecule has 1 fully saturated rings. The zero-order valence-corrected chi connectivity index (χ0v) is 11.4. The van der Waals surface area contributed by atoms with Crippen LogP contribution in [-0.2, 0) is 9.53 Å². The molecule has 1 aliphatic rings. The SMILES string of the molecule is NC(=S)c1cccc(NC(=O)CN2CCOCC2)c1. The van der Waals surface area contributed by atoms with E-state index in [1.165, 1.54) is 0 Å². The summed E-state index contributed by atoms with van der Waals surface area (Å²) in [5.74, 6) is -0.0398. The smallest absolute Gasteiger partial charge is 0.238 e. The number of carbonyl (C=O) groups excluding carboxylic acids is 1. The van der Waals surface area contributed by atoms with Crippen LogP contribution in [-0.4, -0.2) is 48.6 Å². The van der Waals surface area contributed by atoms with Crippen LogP contribution in [0.2, 0.25) is 0 Å². The molecule has 1 heterocycles. The Morgan fingerprint density at radius 3 is 2.84 bits per heavy atom. The average Bonchev–Trinajstić information content (AvgIpc) is 2.40. The third kappa shape index (κ3) is 4.27. The van der Waals surface area contributed by atoms with Crippen molar-refractivity contribution < 1.29 is 9.53 Å². The predicted octanol–water partition coefficient (Wildman–Crippen LogP) is 0.591. The van der Waals surface area contributed by atoms with Gasteiger partial charge >= 0.3 is 0 Å². The van der Waals surface area contributed by atoms with E-state index in [1.807, 2.05) is 18.2 Å². The number of nitrogens with two attached hydrogens (primary N) is 1. The zero-order valence-electron chi connectivity index (χ0n) is 10.6. The zero-order chi connectivity index (χ0) is 13.7. The highest BCUT2D eigenvalue weighted by Crippen LogP contribution is 2.10. The van der Waals surface area contributed by atoms with E-state index in [2.05, 4.69) is 10.2 Å². The van der Waals surface area contributed by atoms with Crippen molar-refractivity contribution in [3.8, 4) is 0 Å². The van der Waals surface area contributed by atoms with Crippen LogP contribution in [0.4, 0.5) is 5.69 Å². The minimum atomic E-state index is -0.0398. The Bertz CT molecular complexity index is 473. The highest BCUT2D eigenvalue weighted by molar-refractivity contribution is 7.80. The lowest BCUT2D eigenvalue weighted by Crippen LogP contribution is -2.41. The van der Waals surface area contributed by atoms with E-state index in [4.69, 9.17) is 22.7 Å². The average molecular weight is 279 g/mol. The van der Waals surface area contributed by atoms with Gasteiger partial charge in [0, 0.05) is 24.3 Å². The molecule has 0 radical (unpaired) electrons. The Morgan fingerprint density at radius 1 is 1.42 bits per heavy atom. The number of benzene rings is 1. The van der Waals surface area contributed by atoms with E-state index in [9.17, 15) is 4.79 Å². The van der Waals surface area contributed by atoms with Gasteiger partial charge in [0.1, 0.15) is 4.99 Å². The molecule has 1 aromatic carbocycles. The van der Waals surface area contributed by atoms with Crippen LogP contribution >= 0.6 is 12.2 Å². The van der Waals surface area contributed by atoms with Crippen molar-refractivity contribution in [2.24, 2.45) is 5.73 Å². The molecule has 0 bridgehead atoms. The highest BCUT2D eigenvalue weighted by Gasteiger charge is 2.14. The molecule has 0 spiro atoms. The van der Waals surface area contributed by atoms with Gasteiger partial charge in [-0.05, 0) is 12.1 Å². The van der Waals surface area contributed by atoms with E-state index < -0.39 is 0 Å². The summed E-state index contributed by atoms with van der Waals surface area (Å²) in [4.78, 5) is 14.3. The van der Waals surface area contributed by atoms with E-state index >= 15 is 0 Å². The summed E-state index contributed by atoms with van der Waals surface area (Å²) in [7, 11) is 0. The highest BCUT2D eigenvalue weighted by atomic mass is 32.1. The lowest BCUT2D eigenvalue weighted by molar-refractivity contribution is -0.118. The second kappa shape index (κ2) is 6.60. The van der Waals surface area contributed by atoms with Crippen LogP contribution in [0.5, 0.6) is 0 Å². The van der Waals surface area contributed by atoms with Gasteiger partial charge in [-0.1, -0.05) is 24.4 Å². The number of hydrogen-bond donors (Lipinski definition) is 2. The van der Waals surface area contributed by atoms with Crippen LogP contribution in [0.1, 0.15) is 5.56 Å². The quantitative estimate of drug-likeness (QED) is 0.790. The van der Waals surface area contributed by atoms with E-state index in [0.29, 0.717) is 30.4 Å². The lowest BCUT2D eigenvalue weighted by atomic mass is 10.2. The van der Waals surface area contributed by atoms with Crippen LogP contribution in [0.25, 0.3) is 0 Å². The summed E-state index contributed by atoms with van der Waals surface area (Å²) in [6.07, 6.45) is 0. The van der Waals surface area contributed by atoms with E-state index in [1.54, 1.807) is 6.07 Å². The number of ether oxygens (including phenoxy) is 1. The monoisotopic (exact) mass is 279 g/mol. The molecule has 0 aliphatic carbocycles. The van der Waals surface area contributed by atoms with Gasteiger partial charge in [-0.15, -0.1) is 0 Å². The molecule has 0 unspecified atom stereocenters. The van der Waals surface area contributed by atoms with Crippen molar-refractivity contribution in [2.45, 2.75) is 0 Å². The largest absolute Gasteiger partial charge is 0.389 e. The second-order valence-corrected chi connectivity index (χ2v) is 4.82. The molecule has 102 valence electrons. The van der Waals surface area contributed by atoms with Gasteiger partial charge in [0.2, 0.25) is 5.91 Å². The fraction of sp³-hybridized carbons (Fsp3) is 0.385. The Labute approximate surface area is 117 Å². The van der Waals surface area contributed by atoms with Crippen LogP contribution in [0, 0.1) is 0 Å². The normalized spacial score (nSPS) is 16.0. The number of hydrogen-bond acceptors (Lipinski definition) is 4. The summed E-state index contributed by atoms with van der Waals surface area (Å²) in [5.41, 5.74) is 7.02. The maximum atomic E-state index is 11.9.